The molecule has 10 aromatic rings. The summed E-state index contributed by atoms with van der Waals surface area (Å²) in [5, 5.41) is 5.77. The maximum absolute atomic E-state index is 9.64. The Hall–Kier alpha value is -6.90. The molecule has 1 aromatic heterocycles. The molecule has 1 heterocycles. The molecule has 0 fully saturated rings. The molecule has 0 saturated heterocycles. The van der Waals surface area contributed by atoms with Crippen LogP contribution in [0.3, 0.4) is 0 Å². The fraction of sp³-hybridized carbons (Fsp3) is 0. The molecule has 0 amide bonds. The van der Waals surface area contributed by atoms with E-state index in [0.717, 1.165) is 54.6 Å². The van der Waals surface area contributed by atoms with Crippen molar-refractivity contribution in [3.8, 4) is 33.4 Å². The summed E-state index contributed by atoms with van der Waals surface area (Å²) in [5.74, 6) is 0. The zero-order chi connectivity index (χ0) is 42.3. The molecule has 0 saturated carbocycles. The molecule has 0 aliphatic rings. The molecule has 9 aromatic carbocycles. The molecule has 2 heteroatoms. The molecule has 2 nitrogen and oxygen atoms in total. The monoisotopic (exact) mass is 672 g/mol. The van der Waals surface area contributed by atoms with Crippen LogP contribution in [0.4, 0.5) is 17.1 Å². The largest absolute Gasteiger partial charge is 0.456 e. The predicted octanol–water partition coefficient (Wildman–Crippen LogP) is 14.4. The molecule has 0 spiro atoms. The summed E-state index contributed by atoms with van der Waals surface area (Å²) in [7, 11) is 0. The lowest BCUT2D eigenvalue weighted by Gasteiger charge is -2.28. The number of hydrogen-bond acceptors (Lipinski definition) is 2. The summed E-state index contributed by atoms with van der Waals surface area (Å²) in [6.07, 6.45) is 0. The van der Waals surface area contributed by atoms with Crippen LogP contribution in [0.2, 0.25) is 0 Å². The normalized spacial score (nSPS) is 13.9. The maximum Gasteiger partial charge on any atom is 0.136 e. The Labute approximate surface area is 315 Å². The third kappa shape index (κ3) is 5.12. The Morgan fingerprint density at radius 3 is 1.96 bits per heavy atom. The highest BCUT2D eigenvalue weighted by Gasteiger charge is 2.19. The van der Waals surface area contributed by atoms with Crippen molar-refractivity contribution in [1.82, 2.24) is 0 Å². The van der Waals surface area contributed by atoms with Crippen molar-refractivity contribution in [2.45, 2.75) is 0 Å². The Balaban J connectivity index is 1.18. The van der Waals surface area contributed by atoms with Gasteiger partial charge >= 0.3 is 0 Å². The van der Waals surface area contributed by atoms with Gasteiger partial charge in [0, 0.05) is 27.7 Å². The number of nitrogens with zero attached hydrogens (tertiary/aromatic N) is 1. The fourth-order valence-corrected chi connectivity index (χ4v) is 7.19. The molecule has 52 heavy (non-hydrogen) atoms. The van der Waals surface area contributed by atoms with Crippen LogP contribution in [0.15, 0.2) is 204 Å². The topological polar surface area (TPSA) is 16.4 Å². The van der Waals surface area contributed by atoms with Crippen LogP contribution in [-0.2, 0) is 0 Å². The fourth-order valence-electron chi connectivity index (χ4n) is 7.19. The van der Waals surface area contributed by atoms with Crippen LogP contribution >= 0.6 is 0 Å². The van der Waals surface area contributed by atoms with Gasteiger partial charge in [-0.3, -0.25) is 0 Å². The van der Waals surface area contributed by atoms with Crippen molar-refractivity contribution < 1.29 is 16.8 Å². The number of fused-ring (bicyclic) bond motifs is 6. The SMILES string of the molecule is [2H]c1c([2H])c([2H])c(-c2ccc(N(c3ccccc3-c3cccc4ccccc34)c3c([2H])c([2H])c(-c4ccc5c(ccc6oc7ccccc7c65)c4)c([2H])c3[2H])cc2)c([2H])c1[2H]. The highest BCUT2D eigenvalue weighted by atomic mass is 16.3. The van der Waals surface area contributed by atoms with E-state index in [1.54, 1.807) is 29.2 Å². The molecule has 0 aliphatic carbocycles. The Morgan fingerprint density at radius 2 is 1.10 bits per heavy atom. The van der Waals surface area contributed by atoms with Gasteiger partial charge in [-0.2, -0.15) is 0 Å². The smallest absolute Gasteiger partial charge is 0.136 e. The molecule has 244 valence electrons. The van der Waals surface area contributed by atoms with Crippen LogP contribution in [0.1, 0.15) is 12.3 Å². The average molecular weight is 673 g/mol. The van der Waals surface area contributed by atoms with E-state index in [2.05, 4.69) is 0 Å². The van der Waals surface area contributed by atoms with Gasteiger partial charge in [0.1, 0.15) is 11.2 Å². The Bertz CT molecular complexity index is 3370. The maximum atomic E-state index is 9.64. The number of furan rings is 1. The van der Waals surface area contributed by atoms with E-state index in [1.165, 1.54) is 0 Å². The number of benzene rings is 9. The molecular weight excluding hydrogens is 631 g/mol. The van der Waals surface area contributed by atoms with Crippen molar-refractivity contribution >= 4 is 60.5 Å². The molecule has 0 radical (unpaired) electrons. The van der Waals surface area contributed by atoms with Gasteiger partial charge in [0.15, 0.2) is 0 Å². The number of anilines is 3. The van der Waals surface area contributed by atoms with E-state index in [0.29, 0.717) is 22.5 Å². The quantitative estimate of drug-likeness (QED) is 0.175. The van der Waals surface area contributed by atoms with E-state index in [1.807, 2.05) is 121 Å². The summed E-state index contributed by atoms with van der Waals surface area (Å²) < 4.78 is 86.2. The first-order chi connectivity index (χ1) is 29.5. The van der Waals surface area contributed by atoms with Gasteiger partial charge in [-0.25, -0.2) is 0 Å². The molecule has 10 rings (SSSR count). The first-order valence-electron chi connectivity index (χ1n) is 21.5. The first-order valence-corrected chi connectivity index (χ1v) is 17.0. The van der Waals surface area contributed by atoms with Crippen molar-refractivity contribution in [3.63, 3.8) is 0 Å². The molecule has 0 atom stereocenters. The summed E-state index contributed by atoms with van der Waals surface area (Å²) in [6, 6.07) is 42.8. The lowest BCUT2D eigenvalue weighted by molar-refractivity contribution is 0.669. The zero-order valence-electron chi connectivity index (χ0n) is 36.7. The van der Waals surface area contributed by atoms with Crippen molar-refractivity contribution in [2.24, 2.45) is 0 Å². The third-order valence-electron chi connectivity index (χ3n) is 9.62. The highest BCUT2D eigenvalue weighted by Crippen LogP contribution is 2.44. The number of para-hydroxylation sites is 2. The first kappa shape index (κ1) is 22.0. The van der Waals surface area contributed by atoms with Crippen LogP contribution in [0, 0.1) is 0 Å². The predicted molar refractivity (Wildman–Crippen MR) is 220 cm³/mol. The van der Waals surface area contributed by atoms with Crippen LogP contribution < -0.4 is 4.90 Å². The second-order valence-electron chi connectivity index (χ2n) is 12.6. The third-order valence-corrected chi connectivity index (χ3v) is 9.62. The Kier molecular flexibility index (Phi) is 5.28. The highest BCUT2D eigenvalue weighted by molar-refractivity contribution is 6.19. The second-order valence-corrected chi connectivity index (χ2v) is 12.6. The molecular formula is C50H33NO. The van der Waals surface area contributed by atoms with Gasteiger partial charge in [-0.1, -0.05) is 151 Å². The Morgan fingerprint density at radius 1 is 0.404 bits per heavy atom. The van der Waals surface area contributed by atoms with E-state index >= 15 is 0 Å². The van der Waals surface area contributed by atoms with Crippen molar-refractivity contribution in [2.75, 3.05) is 4.90 Å². The van der Waals surface area contributed by atoms with Gasteiger partial charge in [0.05, 0.1) is 18.0 Å². The van der Waals surface area contributed by atoms with E-state index in [-0.39, 0.29) is 53.1 Å². The summed E-state index contributed by atoms with van der Waals surface area (Å²) in [4.78, 5) is 1.72. The zero-order valence-corrected chi connectivity index (χ0v) is 27.7. The minimum Gasteiger partial charge on any atom is -0.456 e. The van der Waals surface area contributed by atoms with Gasteiger partial charge in [-0.05, 0) is 97.8 Å². The van der Waals surface area contributed by atoms with Gasteiger partial charge < -0.3 is 9.32 Å². The van der Waals surface area contributed by atoms with Gasteiger partial charge in [-0.15, -0.1) is 0 Å². The van der Waals surface area contributed by atoms with Gasteiger partial charge in [0.25, 0.3) is 0 Å². The van der Waals surface area contributed by atoms with Crippen LogP contribution in [-0.4, -0.2) is 0 Å². The van der Waals surface area contributed by atoms with Gasteiger partial charge in [0.2, 0.25) is 0 Å². The van der Waals surface area contributed by atoms with E-state index < -0.39 is 18.1 Å². The van der Waals surface area contributed by atoms with E-state index in [4.69, 9.17) is 11.3 Å². The molecule has 0 bridgehead atoms. The number of hydrogen-bond donors (Lipinski definition) is 0. The lowest BCUT2D eigenvalue weighted by Crippen LogP contribution is -2.11. The van der Waals surface area contributed by atoms with Crippen LogP contribution in [0.5, 0.6) is 0 Å². The molecule has 0 aliphatic heterocycles. The lowest BCUT2D eigenvalue weighted by atomic mass is 9.95. The molecule has 0 N–H and O–H groups in total. The van der Waals surface area contributed by atoms with E-state index in [9.17, 15) is 5.48 Å². The summed E-state index contributed by atoms with van der Waals surface area (Å²) >= 11 is 0. The van der Waals surface area contributed by atoms with Crippen molar-refractivity contribution in [1.29, 1.82) is 0 Å². The summed E-state index contributed by atoms with van der Waals surface area (Å²) in [6.45, 7) is 0. The minimum atomic E-state index is -0.481. The molecule has 0 unspecified atom stereocenters. The average Bonchev–Trinajstić information content (AvgIpc) is 3.68. The van der Waals surface area contributed by atoms with Crippen molar-refractivity contribution in [3.05, 3.63) is 200 Å². The minimum absolute atomic E-state index is 0.0226. The summed E-state index contributed by atoms with van der Waals surface area (Å²) in [5.41, 5.74) is 5.42. The van der Waals surface area contributed by atoms with Crippen LogP contribution in [0.25, 0.3) is 76.9 Å². The standard InChI is InChI=1S/C50H33NO/c1-2-11-34(12-3-1)35-21-27-40(28-22-35)51(47-19-8-6-16-45(47)44-18-10-14-37-13-4-5-15-42(37)44)41-29-23-36(24-30-41)38-25-31-43-39(33-38)26-32-49-50(43)46-17-7-9-20-48(46)52-49/h1-33H/i1D,2D,3D,11D,12D,23D,24D,29D,30D. The second kappa shape index (κ2) is 12.5. The number of rotatable bonds is 6.